The largest absolute Gasteiger partial charge is 0.348 e. The predicted molar refractivity (Wildman–Crippen MR) is 113 cm³/mol. The van der Waals surface area contributed by atoms with Gasteiger partial charge in [0.2, 0.25) is 0 Å². The van der Waals surface area contributed by atoms with Crippen LogP contribution in [0.15, 0.2) is 54.2 Å². The number of carbonyl (C=O) groups excluding carboxylic acids is 2. The molecule has 146 valence electrons. The van der Waals surface area contributed by atoms with Gasteiger partial charge in [0.15, 0.2) is 0 Å². The quantitative estimate of drug-likeness (QED) is 0.656. The van der Waals surface area contributed by atoms with Crippen LogP contribution in [-0.4, -0.2) is 17.9 Å². The van der Waals surface area contributed by atoms with Crippen LogP contribution in [0.25, 0.3) is 6.08 Å². The van der Waals surface area contributed by atoms with Crippen LogP contribution in [0.2, 0.25) is 10.0 Å². The molecule has 1 fully saturated rings. The van der Waals surface area contributed by atoms with Crippen molar-refractivity contribution in [2.24, 2.45) is 0 Å². The normalized spacial score (nSPS) is 15.1. The average Bonchev–Trinajstić information content (AvgIpc) is 2.69. The molecule has 2 amide bonds. The van der Waals surface area contributed by atoms with Gasteiger partial charge in [0, 0.05) is 11.1 Å². The van der Waals surface area contributed by atoms with E-state index < -0.39 is 5.91 Å². The molecule has 0 saturated heterocycles. The van der Waals surface area contributed by atoms with Crippen molar-refractivity contribution in [3.8, 4) is 0 Å². The lowest BCUT2D eigenvalue weighted by atomic mass is 9.95. The number of amides is 2. The Morgan fingerprint density at radius 1 is 0.964 bits per heavy atom. The minimum Gasteiger partial charge on any atom is -0.348 e. The fraction of sp³-hybridized carbons (Fsp3) is 0.273. The molecule has 1 aliphatic rings. The SMILES string of the molecule is O=C(NC1CCCCC1)C(=Cc1ccccc1)NC(=O)c1ccc(Cl)cc1Cl. The molecule has 4 nitrogen and oxygen atoms in total. The zero-order chi connectivity index (χ0) is 19.9. The standard InChI is InChI=1S/C22H22Cl2N2O2/c23-16-11-12-18(19(24)14-16)21(27)26-20(13-15-7-3-1-4-8-15)22(28)25-17-9-5-2-6-10-17/h1,3-4,7-8,11-14,17H,2,5-6,9-10H2,(H,25,28)(H,26,27). The van der Waals surface area contributed by atoms with Crippen molar-refractivity contribution in [3.05, 3.63) is 75.4 Å². The molecule has 28 heavy (non-hydrogen) atoms. The average molecular weight is 417 g/mol. The summed E-state index contributed by atoms with van der Waals surface area (Å²) in [5, 5.41) is 6.43. The van der Waals surface area contributed by atoms with Gasteiger partial charge in [0.1, 0.15) is 5.70 Å². The first-order valence-electron chi connectivity index (χ1n) is 9.37. The second-order valence-corrected chi connectivity index (χ2v) is 7.70. The molecule has 6 heteroatoms. The van der Waals surface area contributed by atoms with Crippen LogP contribution in [0, 0.1) is 0 Å². The Kier molecular flexibility index (Phi) is 7.12. The molecule has 0 spiro atoms. The second-order valence-electron chi connectivity index (χ2n) is 6.86. The van der Waals surface area contributed by atoms with E-state index in [4.69, 9.17) is 23.2 Å². The lowest BCUT2D eigenvalue weighted by Crippen LogP contribution is -2.41. The van der Waals surface area contributed by atoms with Crippen molar-refractivity contribution in [1.82, 2.24) is 10.6 Å². The minimum atomic E-state index is -0.456. The van der Waals surface area contributed by atoms with Gasteiger partial charge in [-0.25, -0.2) is 0 Å². The van der Waals surface area contributed by atoms with Crippen LogP contribution < -0.4 is 10.6 Å². The lowest BCUT2D eigenvalue weighted by Gasteiger charge is -2.23. The van der Waals surface area contributed by atoms with Gasteiger partial charge in [0.05, 0.1) is 10.6 Å². The lowest BCUT2D eigenvalue weighted by molar-refractivity contribution is -0.118. The maximum absolute atomic E-state index is 12.9. The van der Waals surface area contributed by atoms with Gasteiger partial charge in [-0.15, -0.1) is 0 Å². The number of benzene rings is 2. The second kappa shape index (κ2) is 9.76. The number of nitrogens with one attached hydrogen (secondary N) is 2. The minimum absolute atomic E-state index is 0.136. The molecule has 0 heterocycles. The number of halogens is 2. The zero-order valence-electron chi connectivity index (χ0n) is 15.4. The van der Waals surface area contributed by atoms with Crippen LogP contribution in [0.4, 0.5) is 0 Å². The molecule has 0 radical (unpaired) electrons. The molecule has 0 aliphatic heterocycles. The molecule has 2 aromatic carbocycles. The molecular formula is C22H22Cl2N2O2. The fourth-order valence-corrected chi connectivity index (χ4v) is 3.74. The number of rotatable bonds is 5. The summed E-state index contributed by atoms with van der Waals surface area (Å²) in [5.41, 5.74) is 1.27. The first-order valence-corrected chi connectivity index (χ1v) is 10.1. The Hall–Kier alpha value is -2.30. The molecule has 0 aromatic heterocycles. The number of carbonyl (C=O) groups is 2. The van der Waals surface area contributed by atoms with E-state index in [0.717, 1.165) is 31.2 Å². The summed E-state index contributed by atoms with van der Waals surface area (Å²) < 4.78 is 0. The van der Waals surface area contributed by atoms with Gasteiger partial charge >= 0.3 is 0 Å². The summed E-state index contributed by atoms with van der Waals surface area (Å²) in [4.78, 5) is 25.6. The van der Waals surface area contributed by atoms with E-state index in [-0.39, 0.29) is 28.2 Å². The maximum atomic E-state index is 12.9. The van der Waals surface area contributed by atoms with Crippen LogP contribution in [0.3, 0.4) is 0 Å². The highest BCUT2D eigenvalue weighted by Crippen LogP contribution is 2.22. The molecular weight excluding hydrogens is 395 g/mol. The van der Waals surface area contributed by atoms with E-state index in [2.05, 4.69) is 10.6 Å². The van der Waals surface area contributed by atoms with Crippen molar-refractivity contribution in [2.45, 2.75) is 38.1 Å². The summed E-state index contributed by atoms with van der Waals surface area (Å²) in [6, 6.07) is 14.2. The number of hydrogen-bond donors (Lipinski definition) is 2. The molecule has 0 atom stereocenters. The maximum Gasteiger partial charge on any atom is 0.268 e. The van der Waals surface area contributed by atoms with Gasteiger partial charge in [0.25, 0.3) is 11.8 Å². The Bertz CT molecular complexity index is 875. The summed E-state index contributed by atoms with van der Waals surface area (Å²) in [6.45, 7) is 0. The third-order valence-corrected chi connectivity index (χ3v) is 5.27. The summed E-state index contributed by atoms with van der Waals surface area (Å²) in [7, 11) is 0. The van der Waals surface area contributed by atoms with Crippen molar-refractivity contribution < 1.29 is 9.59 Å². The van der Waals surface area contributed by atoms with Gasteiger partial charge < -0.3 is 10.6 Å². The van der Waals surface area contributed by atoms with E-state index in [0.29, 0.717) is 5.02 Å². The van der Waals surface area contributed by atoms with Crippen LogP contribution >= 0.6 is 23.2 Å². The van der Waals surface area contributed by atoms with Crippen molar-refractivity contribution in [1.29, 1.82) is 0 Å². The highest BCUT2D eigenvalue weighted by atomic mass is 35.5. The third-order valence-electron chi connectivity index (χ3n) is 4.72. The van der Waals surface area contributed by atoms with Crippen LogP contribution in [-0.2, 0) is 4.79 Å². The highest BCUT2D eigenvalue weighted by Gasteiger charge is 2.21. The molecule has 2 aromatic rings. The van der Waals surface area contributed by atoms with Crippen molar-refractivity contribution in [2.75, 3.05) is 0 Å². The third kappa shape index (κ3) is 5.60. The van der Waals surface area contributed by atoms with Crippen molar-refractivity contribution in [3.63, 3.8) is 0 Å². The van der Waals surface area contributed by atoms with Crippen molar-refractivity contribution >= 4 is 41.1 Å². The molecule has 0 unspecified atom stereocenters. The smallest absolute Gasteiger partial charge is 0.268 e. The van der Waals surface area contributed by atoms with E-state index in [9.17, 15) is 9.59 Å². The zero-order valence-corrected chi connectivity index (χ0v) is 16.9. The van der Waals surface area contributed by atoms with Gasteiger partial charge in [-0.05, 0) is 42.7 Å². The summed E-state index contributed by atoms with van der Waals surface area (Å²) in [6.07, 6.45) is 7.00. The number of hydrogen-bond acceptors (Lipinski definition) is 2. The topological polar surface area (TPSA) is 58.2 Å². The first-order chi connectivity index (χ1) is 13.5. The first kappa shape index (κ1) is 20.4. The molecule has 0 bridgehead atoms. The van der Waals surface area contributed by atoms with E-state index in [1.54, 1.807) is 18.2 Å². The monoisotopic (exact) mass is 416 g/mol. The Morgan fingerprint density at radius 3 is 2.36 bits per heavy atom. The fourth-order valence-electron chi connectivity index (χ4n) is 3.25. The Labute approximate surface area is 174 Å². The molecule has 1 aliphatic carbocycles. The molecule has 2 N–H and O–H groups in total. The predicted octanol–water partition coefficient (Wildman–Crippen LogP) is 5.21. The van der Waals surface area contributed by atoms with Crippen LogP contribution in [0.5, 0.6) is 0 Å². The highest BCUT2D eigenvalue weighted by molar-refractivity contribution is 6.36. The van der Waals surface area contributed by atoms with Gasteiger partial charge in [-0.2, -0.15) is 0 Å². The van der Waals surface area contributed by atoms with E-state index in [1.165, 1.54) is 12.5 Å². The van der Waals surface area contributed by atoms with Gasteiger partial charge in [-0.3, -0.25) is 9.59 Å². The van der Waals surface area contributed by atoms with E-state index in [1.807, 2.05) is 30.3 Å². The summed E-state index contributed by atoms with van der Waals surface area (Å²) >= 11 is 12.0. The molecule has 3 rings (SSSR count). The van der Waals surface area contributed by atoms with Crippen LogP contribution in [0.1, 0.15) is 48.0 Å². The van der Waals surface area contributed by atoms with E-state index >= 15 is 0 Å². The van der Waals surface area contributed by atoms with Gasteiger partial charge in [-0.1, -0.05) is 72.8 Å². The Morgan fingerprint density at radius 2 is 1.68 bits per heavy atom. The Balaban J connectivity index is 1.82. The molecule has 1 saturated carbocycles. The summed E-state index contributed by atoms with van der Waals surface area (Å²) in [5.74, 6) is -0.753.